The Hall–Kier alpha value is -4.04. The van der Waals surface area contributed by atoms with Gasteiger partial charge in [0.2, 0.25) is 0 Å². The highest BCUT2D eigenvalue weighted by Gasteiger charge is 2.07. The van der Waals surface area contributed by atoms with E-state index in [1.54, 1.807) is 41.3 Å². The molecule has 0 aliphatic heterocycles. The van der Waals surface area contributed by atoms with Crippen LogP contribution in [0, 0.1) is 0 Å². The molecular weight excluding hydrogens is 368 g/mol. The van der Waals surface area contributed by atoms with Crippen LogP contribution in [0.1, 0.15) is 16.1 Å². The first-order chi connectivity index (χ1) is 14.2. The van der Waals surface area contributed by atoms with E-state index in [1.165, 1.54) is 0 Å². The Morgan fingerprint density at radius 3 is 2.59 bits per heavy atom. The highest BCUT2D eigenvalue weighted by Crippen LogP contribution is 2.20. The van der Waals surface area contributed by atoms with Crippen molar-refractivity contribution in [2.75, 3.05) is 10.6 Å². The number of carbonyl (C=O) groups is 1. The molecule has 0 radical (unpaired) electrons. The number of pyridine rings is 1. The van der Waals surface area contributed by atoms with E-state index in [-0.39, 0.29) is 12.5 Å². The summed E-state index contributed by atoms with van der Waals surface area (Å²) in [5.41, 5.74) is 3.55. The first-order valence-corrected chi connectivity index (χ1v) is 8.93. The van der Waals surface area contributed by atoms with Gasteiger partial charge in [0.05, 0.1) is 18.5 Å². The molecular formula is C21H18N6O2. The molecule has 0 spiro atoms. The maximum absolute atomic E-state index is 12.3. The number of carbonyl (C=O) groups excluding carboxylic acids is 1. The number of nitrogens with zero attached hydrogens (tertiary/aromatic N) is 4. The molecule has 0 aliphatic carbocycles. The number of nitrogens with one attached hydrogen (secondary N) is 2. The molecule has 0 atom stereocenters. The minimum Gasteiger partial charge on any atom is -0.390 e. The number of amides is 1. The van der Waals surface area contributed by atoms with E-state index >= 15 is 0 Å². The van der Waals surface area contributed by atoms with Crippen molar-refractivity contribution in [3.8, 4) is 5.69 Å². The van der Waals surface area contributed by atoms with E-state index in [1.807, 2.05) is 42.5 Å². The van der Waals surface area contributed by atoms with E-state index in [9.17, 15) is 4.79 Å². The smallest absolute Gasteiger partial charge is 0.256 e. The molecule has 2 aromatic carbocycles. The third kappa shape index (κ3) is 4.45. The van der Waals surface area contributed by atoms with Crippen LogP contribution in [0.3, 0.4) is 0 Å². The van der Waals surface area contributed by atoms with Crippen molar-refractivity contribution in [2.24, 2.45) is 0 Å². The minimum atomic E-state index is -0.219. The third-order valence-electron chi connectivity index (χ3n) is 4.16. The topological polar surface area (TPSA) is 105 Å². The standard InChI is InChI=1S/C21H18N6O2/c28-14-18-13-27(26-25-18)19-5-3-4-17(12-19)23-16-9-7-15(8-10-16)21(29)24-20-6-1-2-11-22-20/h1-13,23,28H,14H2,(H,22,24,29). The molecule has 4 aromatic rings. The fourth-order valence-corrected chi connectivity index (χ4v) is 2.72. The van der Waals surface area contributed by atoms with Gasteiger partial charge in [-0.2, -0.15) is 0 Å². The summed E-state index contributed by atoms with van der Waals surface area (Å²) in [6.45, 7) is -0.155. The third-order valence-corrected chi connectivity index (χ3v) is 4.16. The van der Waals surface area contributed by atoms with Crippen molar-refractivity contribution in [3.63, 3.8) is 0 Å². The fraction of sp³-hybridized carbons (Fsp3) is 0.0476. The van der Waals surface area contributed by atoms with E-state index in [0.29, 0.717) is 17.1 Å². The van der Waals surface area contributed by atoms with Gasteiger partial charge < -0.3 is 15.7 Å². The Bertz CT molecular complexity index is 1110. The van der Waals surface area contributed by atoms with E-state index in [2.05, 4.69) is 25.9 Å². The summed E-state index contributed by atoms with van der Waals surface area (Å²) >= 11 is 0. The number of aromatic nitrogens is 4. The molecule has 0 saturated heterocycles. The van der Waals surface area contributed by atoms with Crippen molar-refractivity contribution in [1.29, 1.82) is 0 Å². The summed E-state index contributed by atoms with van der Waals surface area (Å²) in [5, 5.41) is 23.1. The van der Waals surface area contributed by atoms with Crippen LogP contribution in [0.15, 0.2) is 79.1 Å². The summed E-state index contributed by atoms with van der Waals surface area (Å²) in [4.78, 5) is 16.4. The SMILES string of the molecule is O=C(Nc1ccccn1)c1ccc(Nc2cccc(-n3cc(CO)nn3)c2)cc1. The quantitative estimate of drug-likeness (QED) is 0.470. The highest BCUT2D eigenvalue weighted by molar-refractivity contribution is 6.03. The van der Waals surface area contributed by atoms with E-state index < -0.39 is 0 Å². The average Bonchev–Trinajstić information content (AvgIpc) is 3.25. The van der Waals surface area contributed by atoms with Crippen LogP contribution in [-0.4, -0.2) is 31.0 Å². The first-order valence-electron chi connectivity index (χ1n) is 8.93. The zero-order valence-corrected chi connectivity index (χ0v) is 15.4. The Balaban J connectivity index is 1.45. The number of rotatable bonds is 6. The zero-order chi connectivity index (χ0) is 20.1. The lowest BCUT2D eigenvalue weighted by molar-refractivity contribution is 0.102. The number of aliphatic hydroxyl groups excluding tert-OH is 1. The zero-order valence-electron chi connectivity index (χ0n) is 15.4. The van der Waals surface area contributed by atoms with Crippen molar-refractivity contribution in [1.82, 2.24) is 20.0 Å². The number of anilines is 3. The lowest BCUT2D eigenvalue weighted by atomic mass is 10.2. The van der Waals surface area contributed by atoms with Gasteiger partial charge in [-0.15, -0.1) is 5.10 Å². The molecule has 8 nitrogen and oxygen atoms in total. The first kappa shape index (κ1) is 18.3. The van der Waals surface area contributed by atoms with Crippen molar-refractivity contribution in [3.05, 3.63) is 90.4 Å². The molecule has 4 rings (SSSR count). The molecule has 8 heteroatoms. The second-order valence-corrected chi connectivity index (χ2v) is 6.23. The molecule has 0 saturated carbocycles. The summed E-state index contributed by atoms with van der Waals surface area (Å²) in [6.07, 6.45) is 3.30. The largest absolute Gasteiger partial charge is 0.390 e. The van der Waals surface area contributed by atoms with Gasteiger partial charge in [-0.3, -0.25) is 4.79 Å². The Morgan fingerprint density at radius 2 is 1.86 bits per heavy atom. The van der Waals surface area contributed by atoms with Crippen LogP contribution < -0.4 is 10.6 Å². The number of hydrogen-bond donors (Lipinski definition) is 3. The number of benzene rings is 2. The second-order valence-electron chi connectivity index (χ2n) is 6.23. The van der Waals surface area contributed by atoms with Gasteiger partial charge >= 0.3 is 0 Å². The average molecular weight is 386 g/mol. The van der Waals surface area contributed by atoms with Gasteiger partial charge in [0.1, 0.15) is 11.5 Å². The van der Waals surface area contributed by atoms with Crippen LogP contribution in [0.4, 0.5) is 17.2 Å². The van der Waals surface area contributed by atoms with Gasteiger partial charge in [0, 0.05) is 23.1 Å². The predicted octanol–water partition coefficient (Wildman–Crippen LogP) is 3.15. The number of aliphatic hydroxyl groups is 1. The van der Waals surface area contributed by atoms with Gasteiger partial charge in [0.15, 0.2) is 0 Å². The Kier molecular flexibility index (Phi) is 5.26. The molecule has 1 amide bonds. The predicted molar refractivity (Wildman–Crippen MR) is 109 cm³/mol. The second kappa shape index (κ2) is 8.32. The molecule has 2 heterocycles. The molecule has 29 heavy (non-hydrogen) atoms. The van der Waals surface area contributed by atoms with Crippen LogP contribution in [0.25, 0.3) is 5.69 Å². The Labute approximate surface area is 166 Å². The van der Waals surface area contributed by atoms with Crippen LogP contribution in [-0.2, 0) is 6.61 Å². The molecule has 3 N–H and O–H groups in total. The maximum atomic E-state index is 12.3. The fourth-order valence-electron chi connectivity index (χ4n) is 2.72. The van der Waals surface area contributed by atoms with Crippen molar-refractivity contribution in [2.45, 2.75) is 6.61 Å². The van der Waals surface area contributed by atoms with Gasteiger partial charge in [-0.05, 0) is 54.6 Å². The normalized spacial score (nSPS) is 10.5. The summed E-state index contributed by atoms with van der Waals surface area (Å²) in [5.74, 6) is 0.289. The Morgan fingerprint density at radius 1 is 1.00 bits per heavy atom. The van der Waals surface area contributed by atoms with E-state index in [4.69, 9.17) is 5.11 Å². The van der Waals surface area contributed by atoms with Crippen LogP contribution >= 0.6 is 0 Å². The maximum Gasteiger partial charge on any atom is 0.256 e. The summed E-state index contributed by atoms with van der Waals surface area (Å²) in [6, 6.07) is 20.1. The van der Waals surface area contributed by atoms with Gasteiger partial charge in [-0.1, -0.05) is 17.3 Å². The molecule has 144 valence electrons. The van der Waals surface area contributed by atoms with Crippen LogP contribution in [0.2, 0.25) is 0 Å². The van der Waals surface area contributed by atoms with E-state index in [0.717, 1.165) is 17.1 Å². The molecule has 0 fully saturated rings. The van der Waals surface area contributed by atoms with Gasteiger partial charge in [0.25, 0.3) is 5.91 Å². The van der Waals surface area contributed by atoms with Crippen LogP contribution in [0.5, 0.6) is 0 Å². The monoisotopic (exact) mass is 386 g/mol. The number of hydrogen-bond acceptors (Lipinski definition) is 6. The summed E-state index contributed by atoms with van der Waals surface area (Å²) < 4.78 is 1.60. The van der Waals surface area contributed by atoms with Crippen molar-refractivity contribution >= 4 is 23.1 Å². The lowest BCUT2D eigenvalue weighted by Crippen LogP contribution is -2.12. The molecule has 0 unspecified atom stereocenters. The summed E-state index contributed by atoms with van der Waals surface area (Å²) in [7, 11) is 0. The lowest BCUT2D eigenvalue weighted by Gasteiger charge is -2.09. The molecule has 2 aromatic heterocycles. The highest BCUT2D eigenvalue weighted by atomic mass is 16.3. The molecule has 0 aliphatic rings. The van der Waals surface area contributed by atoms with Gasteiger partial charge in [-0.25, -0.2) is 9.67 Å². The minimum absolute atomic E-state index is 0.155. The molecule has 0 bridgehead atoms. The van der Waals surface area contributed by atoms with Crippen molar-refractivity contribution < 1.29 is 9.90 Å².